The fourth-order valence-corrected chi connectivity index (χ4v) is 2.81. The van der Waals surface area contributed by atoms with Gasteiger partial charge in [0.05, 0.1) is 25.0 Å². The van der Waals surface area contributed by atoms with Crippen molar-refractivity contribution in [3.8, 4) is 0 Å². The van der Waals surface area contributed by atoms with E-state index in [0.29, 0.717) is 31.9 Å². The standard InChI is InChI=1S/C15H16N6O2/c1-11-2-3-13(23-11)15(22)19-4-5-21-12(6-17-14(21)8-19)7-20-10-16-9-18-20/h2-3,6,9-10H,4-5,7-8H2,1H3. The van der Waals surface area contributed by atoms with Crippen LogP contribution >= 0.6 is 0 Å². The summed E-state index contributed by atoms with van der Waals surface area (Å²) in [5, 5.41) is 4.11. The second-order valence-corrected chi connectivity index (χ2v) is 5.55. The third kappa shape index (κ3) is 2.52. The molecule has 0 fully saturated rings. The first kappa shape index (κ1) is 13.7. The highest BCUT2D eigenvalue weighted by atomic mass is 16.3. The minimum Gasteiger partial charge on any atom is -0.456 e. The smallest absolute Gasteiger partial charge is 0.290 e. The van der Waals surface area contributed by atoms with Crippen LogP contribution < -0.4 is 0 Å². The minimum atomic E-state index is -0.0924. The van der Waals surface area contributed by atoms with Crippen LogP contribution in [0.2, 0.25) is 0 Å². The molecule has 0 atom stereocenters. The van der Waals surface area contributed by atoms with Crippen molar-refractivity contribution in [1.29, 1.82) is 0 Å². The molecule has 3 aromatic rings. The molecule has 118 valence electrons. The lowest BCUT2D eigenvalue weighted by atomic mass is 10.3. The maximum Gasteiger partial charge on any atom is 0.290 e. The van der Waals surface area contributed by atoms with Crippen molar-refractivity contribution < 1.29 is 9.21 Å². The zero-order valence-corrected chi connectivity index (χ0v) is 12.7. The van der Waals surface area contributed by atoms with Crippen molar-refractivity contribution in [2.24, 2.45) is 0 Å². The molecule has 1 aliphatic heterocycles. The Labute approximate surface area is 132 Å². The van der Waals surface area contributed by atoms with E-state index < -0.39 is 0 Å². The molecular formula is C15H16N6O2. The number of aromatic nitrogens is 5. The first-order valence-electron chi connectivity index (χ1n) is 7.42. The highest BCUT2D eigenvalue weighted by Crippen LogP contribution is 2.18. The molecular weight excluding hydrogens is 296 g/mol. The molecule has 1 amide bonds. The monoisotopic (exact) mass is 312 g/mol. The first-order valence-corrected chi connectivity index (χ1v) is 7.42. The number of hydrogen-bond acceptors (Lipinski definition) is 5. The van der Waals surface area contributed by atoms with Crippen molar-refractivity contribution in [2.75, 3.05) is 6.54 Å². The van der Waals surface area contributed by atoms with Gasteiger partial charge in [0.1, 0.15) is 24.2 Å². The van der Waals surface area contributed by atoms with E-state index in [1.165, 1.54) is 6.33 Å². The van der Waals surface area contributed by atoms with Crippen LogP contribution in [0, 0.1) is 6.92 Å². The molecule has 3 aromatic heterocycles. The van der Waals surface area contributed by atoms with Gasteiger partial charge in [-0.05, 0) is 19.1 Å². The van der Waals surface area contributed by atoms with E-state index in [0.717, 1.165) is 17.3 Å². The molecule has 1 aliphatic rings. The average molecular weight is 312 g/mol. The number of carbonyl (C=O) groups excluding carboxylic acids is 1. The van der Waals surface area contributed by atoms with Crippen molar-refractivity contribution in [3.05, 3.63) is 54.0 Å². The van der Waals surface area contributed by atoms with E-state index in [4.69, 9.17) is 4.42 Å². The van der Waals surface area contributed by atoms with E-state index in [-0.39, 0.29) is 5.91 Å². The second kappa shape index (κ2) is 5.38. The quantitative estimate of drug-likeness (QED) is 0.723. The van der Waals surface area contributed by atoms with Crippen LogP contribution in [0.15, 0.2) is 35.4 Å². The number of aryl methyl sites for hydroxylation is 1. The summed E-state index contributed by atoms with van der Waals surface area (Å²) in [6.07, 6.45) is 5.03. The molecule has 23 heavy (non-hydrogen) atoms. The average Bonchev–Trinajstić information content (AvgIpc) is 3.28. The molecule has 0 radical (unpaired) electrons. The Bertz CT molecular complexity index is 832. The summed E-state index contributed by atoms with van der Waals surface area (Å²) >= 11 is 0. The number of hydrogen-bond donors (Lipinski definition) is 0. The molecule has 0 N–H and O–H groups in total. The van der Waals surface area contributed by atoms with Gasteiger partial charge in [-0.15, -0.1) is 0 Å². The SMILES string of the molecule is Cc1ccc(C(=O)N2CCn3c(Cn4cncn4)cnc3C2)o1. The lowest BCUT2D eigenvalue weighted by Crippen LogP contribution is -2.38. The molecule has 0 bridgehead atoms. The van der Waals surface area contributed by atoms with Gasteiger partial charge in [0.25, 0.3) is 5.91 Å². The van der Waals surface area contributed by atoms with Gasteiger partial charge in [-0.25, -0.2) is 14.6 Å². The first-order chi connectivity index (χ1) is 11.2. The zero-order valence-electron chi connectivity index (χ0n) is 12.7. The minimum absolute atomic E-state index is 0.0924. The molecule has 0 unspecified atom stereocenters. The fourth-order valence-electron chi connectivity index (χ4n) is 2.81. The molecule has 0 aromatic carbocycles. The molecule has 0 aliphatic carbocycles. The van der Waals surface area contributed by atoms with Gasteiger partial charge in [0.15, 0.2) is 5.76 Å². The Morgan fingerprint density at radius 2 is 2.26 bits per heavy atom. The van der Waals surface area contributed by atoms with E-state index in [1.54, 1.807) is 28.0 Å². The number of amides is 1. The summed E-state index contributed by atoms with van der Waals surface area (Å²) in [7, 11) is 0. The maximum absolute atomic E-state index is 12.5. The number of fused-ring (bicyclic) bond motifs is 1. The lowest BCUT2D eigenvalue weighted by molar-refractivity contribution is 0.0672. The largest absolute Gasteiger partial charge is 0.456 e. The van der Waals surface area contributed by atoms with Crippen LogP contribution in [0.3, 0.4) is 0 Å². The van der Waals surface area contributed by atoms with Crippen LogP contribution in [0.25, 0.3) is 0 Å². The number of imidazole rings is 1. The molecule has 0 saturated carbocycles. The Kier molecular flexibility index (Phi) is 3.22. The molecule has 8 nitrogen and oxygen atoms in total. The molecule has 0 spiro atoms. The Morgan fingerprint density at radius 1 is 1.35 bits per heavy atom. The second-order valence-electron chi connectivity index (χ2n) is 5.55. The fraction of sp³-hybridized carbons (Fsp3) is 0.333. The van der Waals surface area contributed by atoms with Gasteiger partial charge in [-0.2, -0.15) is 5.10 Å². The Balaban J connectivity index is 1.52. The number of rotatable bonds is 3. The lowest BCUT2D eigenvalue weighted by Gasteiger charge is -2.28. The number of furan rings is 1. The van der Waals surface area contributed by atoms with Crippen molar-refractivity contribution in [3.63, 3.8) is 0 Å². The normalized spacial score (nSPS) is 14.0. The molecule has 0 saturated heterocycles. The summed E-state index contributed by atoms with van der Waals surface area (Å²) in [6.45, 7) is 4.28. The summed E-state index contributed by atoms with van der Waals surface area (Å²) in [5.41, 5.74) is 1.06. The van der Waals surface area contributed by atoms with Crippen LogP contribution in [-0.2, 0) is 19.6 Å². The summed E-state index contributed by atoms with van der Waals surface area (Å²) < 4.78 is 9.32. The molecule has 4 heterocycles. The third-order valence-corrected chi connectivity index (χ3v) is 3.98. The Hall–Kier alpha value is -2.90. The van der Waals surface area contributed by atoms with E-state index >= 15 is 0 Å². The maximum atomic E-state index is 12.5. The summed E-state index contributed by atoms with van der Waals surface area (Å²) in [4.78, 5) is 22.6. The third-order valence-electron chi connectivity index (χ3n) is 3.98. The zero-order chi connectivity index (χ0) is 15.8. The van der Waals surface area contributed by atoms with Crippen LogP contribution in [0.1, 0.15) is 27.8 Å². The summed E-state index contributed by atoms with van der Waals surface area (Å²) in [6, 6.07) is 3.52. The predicted molar refractivity (Wildman–Crippen MR) is 79.5 cm³/mol. The van der Waals surface area contributed by atoms with Crippen LogP contribution in [0.5, 0.6) is 0 Å². The van der Waals surface area contributed by atoms with Gasteiger partial charge in [-0.3, -0.25) is 4.79 Å². The van der Waals surface area contributed by atoms with Gasteiger partial charge in [0, 0.05) is 13.1 Å². The van der Waals surface area contributed by atoms with Crippen molar-refractivity contribution in [1.82, 2.24) is 29.2 Å². The number of carbonyl (C=O) groups is 1. The highest BCUT2D eigenvalue weighted by Gasteiger charge is 2.25. The van der Waals surface area contributed by atoms with E-state index in [1.807, 2.05) is 13.1 Å². The van der Waals surface area contributed by atoms with Gasteiger partial charge < -0.3 is 13.9 Å². The van der Waals surface area contributed by atoms with Crippen molar-refractivity contribution in [2.45, 2.75) is 26.6 Å². The predicted octanol–water partition coefficient (Wildman–Crippen LogP) is 1.08. The molecule has 8 heteroatoms. The van der Waals surface area contributed by atoms with E-state index in [2.05, 4.69) is 19.6 Å². The van der Waals surface area contributed by atoms with Gasteiger partial charge in [-0.1, -0.05) is 0 Å². The van der Waals surface area contributed by atoms with E-state index in [9.17, 15) is 4.79 Å². The summed E-state index contributed by atoms with van der Waals surface area (Å²) in [5.74, 6) is 1.90. The molecule has 4 rings (SSSR count). The number of nitrogens with zero attached hydrogens (tertiary/aromatic N) is 6. The Morgan fingerprint density at radius 3 is 3.00 bits per heavy atom. The van der Waals surface area contributed by atoms with Crippen LogP contribution in [0.4, 0.5) is 0 Å². The topological polar surface area (TPSA) is 82.0 Å². The van der Waals surface area contributed by atoms with Gasteiger partial charge >= 0.3 is 0 Å². The highest BCUT2D eigenvalue weighted by molar-refractivity contribution is 5.91. The van der Waals surface area contributed by atoms with Crippen molar-refractivity contribution >= 4 is 5.91 Å². The van der Waals surface area contributed by atoms with Gasteiger partial charge in [0.2, 0.25) is 0 Å². The van der Waals surface area contributed by atoms with Crippen LogP contribution in [-0.4, -0.2) is 41.7 Å².